The number of benzene rings is 1. The van der Waals surface area contributed by atoms with Gasteiger partial charge in [0.1, 0.15) is 10.8 Å². The van der Waals surface area contributed by atoms with Crippen molar-refractivity contribution in [2.45, 2.75) is 0 Å². The van der Waals surface area contributed by atoms with Crippen LogP contribution < -0.4 is 4.74 Å². The molecule has 0 aliphatic heterocycles. The Labute approximate surface area is 125 Å². The van der Waals surface area contributed by atoms with Gasteiger partial charge in [0.25, 0.3) is 0 Å². The van der Waals surface area contributed by atoms with E-state index >= 15 is 0 Å². The van der Waals surface area contributed by atoms with E-state index in [1.807, 2.05) is 24.3 Å². The van der Waals surface area contributed by atoms with E-state index in [4.69, 9.17) is 4.74 Å². The first-order chi connectivity index (χ1) is 9.33. The van der Waals surface area contributed by atoms with Gasteiger partial charge in [0.15, 0.2) is 6.26 Å². The van der Waals surface area contributed by atoms with E-state index in [-0.39, 0.29) is 0 Å². The second-order valence-corrected chi connectivity index (χ2v) is 6.63. The van der Waals surface area contributed by atoms with Gasteiger partial charge in [-0.05, 0) is 35.6 Å². The Kier molecular flexibility index (Phi) is 6.57. The highest BCUT2D eigenvalue weighted by atomic mass is 32.2. The van der Waals surface area contributed by atoms with Gasteiger partial charge >= 0.3 is 10.4 Å². The molecule has 0 unspecified atom stereocenters. The second kappa shape index (κ2) is 7.70. The molecule has 2 rings (SSSR count). The summed E-state index contributed by atoms with van der Waals surface area (Å²) < 4.78 is 49.8. The Hall–Kier alpha value is -0.995. The molecular weight excluding hydrogens is 333 g/mol. The Morgan fingerprint density at radius 1 is 1.15 bits per heavy atom. The van der Waals surface area contributed by atoms with Crippen molar-refractivity contribution in [3.63, 3.8) is 0 Å². The van der Waals surface area contributed by atoms with Crippen LogP contribution in [0.25, 0.3) is 10.6 Å². The maximum atomic E-state index is 9.75. The molecule has 0 aliphatic carbocycles. The predicted octanol–water partition coefficient (Wildman–Crippen LogP) is 4.42. The van der Waals surface area contributed by atoms with Crippen molar-refractivity contribution in [2.24, 2.45) is 0 Å². The van der Waals surface area contributed by atoms with Gasteiger partial charge in [0, 0.05) is 17.1 Å². The number of aromatic nitrogens is 1. The molecule has 0 atom stereocenters. The lowest BCUT2D eigenvalue weighted by atomic mass is 10.2. The van der Waals surface area contributed by atoms with Gasteiger partial charge in [-0.3, -0.25) is 0 Å². The summed E-state index contributed by atoms with van der Waals surface area (Å²) in [6.45, 7) is 0. The van der Waals surface area contributed by atoms with Gasteiger partial charge in [-0.2, -0.15) is 4.37 Å². The Morgan fingerprint density at radius 3 is 2.10 bits per heavy atom. The molecule has 1 aromatic heterocycles. The highest BCUT2D eigenvalue weighted by molar-refractivity contribution is 7.74. The molecule has 10 heteroatoms. The van der Waals surface area contributed by atoms with E-state index in [2.05, 4.69) is 10.6 Å². The van der Waals surface area contributed by atoms with Crippen molar-refractivity contribution in [2.75, 3.05) is 13.4 Å². The van der Waals surface area contributed by atoms with Crippen LogP contribution >= 0.6 is 22.9 Å². The molecule has 0 saturated carbocycles. The summed E-state index contributed by atoms with van der Waals surface area (Å²) in [4.78, 5) is 0. The zero-order valence-electron chi connectivity index (χ0n) is 10.5. The fourth-order valence-corrected chi connectivity index (χ4v) is 3.53. The van der Waals surface area contributed by atoms with Gasteiger partial charge in [0.05, 0.1) is 7.11 Å². The van der Waals surface area contributed by atoms with E-state index in [0.717, 1.165) is 16.3 Å². The van der Waals surface area contributed by atoms with Crippen LogP contribution in [0.1, 0.15) is 0 Å². The lowest BCUT2D eigenvalue weighted by Gasteiger charge is -1.99. The van der Waals surface area contributed by atoms with Gasteiger partial charge in [-0.15, -0.1) is 0 Å². The molecule has 1 aromatic carbocycles. The minimum atomic E-state index is -6.00. The largest absolute Gasteiger partial charge is 0.673 e. The van der Waals surface area contributed by atoms with Gasteiger partial charge in [-0.25, -0.2) is 0 Å². The van der Waals surface area contributed by atoms with Gasteiger partial charge < -0.3 is 22.0 Å². The SMILES string of the molecule is COc1ccc(-c2nsc(=[S+]C)s2)cc1.F[B-](F)(F)F. The van der Waals surface area contributed by atoms with E-state index in [9.17, 15) is 17.3 Å². The van der Waals surface area contributed by atoms with Crippen molar-refractivity contribution in [1.82, 2.24) is 4.37 Å². The van der Waals surface area contributed by atoms with E-state index in [1.54, 1.807) is 41.3 Å². The van der Waals surface area contributed by atoms with Gasteiger partial charge in [-0.1, -0.05) is 0 Å². The lowest BCUT2D eigenvalue weighted by molar-refractivity contribution is 0.368. The van der Waals surface area contributed by atoms with E-state index in [0.29, 0.717) is 0 Å². The topological polar surface area (TPSA) is 22.1 Å². The third-order valence-electron chi connectivity index (χ3n) is 1.89. The van der Waals surface area contributed by atoms with Crippen LogP contribution in [0.3, 0.4) is 0 Å². The third kappa shape index (κ3) is 6.44. The zero-order valence-corrected chi connectivity index (χ0v) is 12.9. The van der Waals surface area contributed by atoms with Crippen LogP contribution in [0.5, 0.6) is 5.75 Å². The maximum Gasteiger partial charge on any atom is 0.673 e. The molecule has 1 heterocycles. The average Bonchev–Trinajstić information content (AvgIpc) is 2.86. The third-order valence-corrected chi connectivity index (χ3v) is 5.39. The molecule has 0 radical (unpaired) electrons. The van der Waals surface area contributed by atoms with E-state index < -0.39 is 7.25 Å². The standard InChI is InChI=1S/C10H10NOS3.BF4/c1-12-8-5-3-7(4-6-8)9-11-15-10(13-2)14-9;2-1(3,4)5/h3-6H,1-2H3;/q+1;-1. The monoisotopic (exact) mass is 343 g/mol. The number of nitrogens with zero attached hydrogens (tertiary/aromatic N) is 1. The first-order valence-corrected chi connectivity index (χ1v) is 8.00. The fraction of sp³-hybridized carbons (Fsp3) is 0.200. The van der Waals surface area contributed by atoms with Crippen LogP contribution in [0.4, 0.5) is 17.3 Å². The van der Waals surface area contributed by atoms with Crippen LogP contribution in [0, 0.1) is 3.14 Å². The first-order valence-electron chi connectivity index (χ1n) is 5.19. The summed E-state index contributed by atoms with van der Waals surface area (Å²) >= 11 is 5.03. The summed E-state index contributed by atoms with van der Waals surface area (Å²) in [7, 11) is -4.33. The summed E-state index contributed by atoms with van der Waals surface area (Å²) in [6.07, 6.45) is 2.07. The average molecular weight is 343 g/mol. The molecule has 2 aromatic rings. The van der Waals surface area contributed by atoms with Crippen LogP contribution in [0.2, 0.25) is 0 Å². The van der Waals surface area contributed by atoms with Crippen molar-refractivity contribution >= 4 is 41.5 Å². The minimum absolute atomic E-state index is 0.879. The quantitative estimate of drug-likeness (QED) is 0.348. The van der Waals surface area contributed by atoms with Crippen molar-refractivity contribution in [1.29, 1.82) is 0 Å². The van der Waals surface area contributed by atoms with Crippen molar-refractivity contribution in [3.8, 4) is 16.3 Å². The summed E-state index contributed by atoms with van der Waals surface area (Å²) in [5, 5.41) is 1.08. The van der Waals surface area contributed by atoms with E-state index in [1.165, 1.54) is 3.14 Å². The highest BCUT2D eigenvalue weighted by Gasteiger charge is 2.20. The zero-order chi connectivity index (χ0) is 15.2. The first kappa shape index (κ1) is 17.1. The normalized spacial score (nSPS) is 11.8. The lowest BCUT2D eigenvalue weighted by Crippen LogP contribution is -2.02. The number of ether oxygens (including phenoxy) is 1. The fourth-order valence-electron chi connectivity index (χ4n) is 1.12. The Balaban J connectivity index is 0.000000347. The minimum Gasteiger partial charge on any atom is -0.497 e. The molecule has 0 N–H and O–H groups in total. The maximum absolute atomic E-state index is 9.75. The number of hydrogen-bond acceptors (Lipinski definition) is 4. The Bertz CT molecular complexity index is 588. The molecule has 0 saturated heterocycles. The summed E-state index contributed by atoms with van der Waals surface area (Å²) in [5.41, 5.74) is 1.15. The molecule has 110 valence electrons. The van der Waals surface area contributed by atoms with Crippen molar-refractivity contribution in [3.05, 3.63) is 27.4 Å². The number of rotatable bonds is 2. The molecule has 0 spiro atoms. The summed E-state index contributed by atoms with van der Waals surface area (Å²) in [6, 6.07) is 7.99. The number of hydrogen-bond donors (Lipinski definition) is 0. The highest BCUT2D eigenvalue weighted by Crippen LogP contribution is 2.26. The van der Waals surface area contributed by atoms with Gasteiger partial charge in [0.2, 0.25) is 11.4 Å². The van der Waals surface area contributed by atoms with Crippen LogP contribution in [-0.2, 0) is 11.4 Å². The molecule has 0 bridgehead atoms. The number of halogens is 4. The number of methoxy groups -OCH3 is 1. The second-order valence-electron chi connectivity index (χ2n) is 3.27. The summed E-state index contributed by atoms with van der Waals surface area (Å²) in [5.74, 6) is 0.879. The molecule has 0 fully saturated rings. The molecular formula is C10H10BF4NOS3. The van der Waals surface area contributed by atoms with Crippen molar-refractivity contribution < 1.29 is 22.0 Å². The van der Waals surface area contributed by atoms with Crippen LogP contribution in [0.15, 0.2) is 24.3 Å². The predicted molar refractivity (Wildman–Crippen MR) is 78.7 cm³/mol. The van der Waals surface area contributed by atoms with Crippen LogP contribution in [-0.4, -0.2) is 25.0 Å². The molecule has 20 heavy (non-hydrogen) atoms. The smallest absolute Gasteiger partial charge is 0.497 e. The molecule has 0 aliphatic rings. The molecule has 2 nitrogen and oxygen atoms in total. The Morgan fingerprint density at radius 2 is 1.70 bits per heavy atom. The molecule has 0 amide bonds.